The van der Waals surface area contributed by atoms with E-state index in [1.165, 1.54) is 4.90 Å². The summed E-state index contributed by atoms with van der Waals surface area (Å²) in [5.74, 6) is -0.643. The Balaban J connectivity index is 3.19. The zero-order valence-corrected chi connectivity index (χ0v) is 10.3. The highest BCUT2D eigenvalue weighted by molar-refractivity contribution is 5.85. The molecule has 0 aliphatic carbocycles. The predicted octanol–water partition coefficient (Wildman–Crippen LogP) is 1.34. The summed E-state index contributed by atoms with van der Waals surface area (Å²) in [4.78, 5) is 13.1. The minimum Gasteiger partial charge on any atom is -0.463 e. The highest BCUT2D eigenvalue weighted by Crippen LogP contribution is 2.32. The zero-order valence-electron chi connectivity index (χ0n) is 10.3. The molecule has 0 spiro atoms. The molecule has 0 aromatic carbocycles. The molecule has 0 saturated carbocycles. The molecular weight excluding hydrogens is 218 g/mol. The van der Waals surface area contributed by atoms with Crippen LogP contribution in [-0.4, -0.2) is 29.6 Å². The molecule has 0 saturated heterocycles. The number of esters is 1. The highest BCUT2D eigenvalue weighted by Gasteiger charge is 2.48. The van der Waals surface area contributed by atoms with Gasteiger partial charge in [0.05, 0.1) is 13.2 Å². The minimum absolute atomic E-state index is 0.198. The van der Waals surface area contributed by atoms with E-state index in [-0.39, 0.29) is 13.0 Å². The van der Waals surface area contributed by atoms with Gasteiger partial charge in [0.25, 0.3) is 0 Å². The van der Waals surface area contributed by atoms with Crippen LogP contribution in [0.4, 0.5) is 0 Å². The largest absolute Gasteiger partial charge is 0.463 e. The van der Waals surface area contributed by atoms with E-state index in [1.807, 2.05) is 26.1 Å². The van der Waals surface area contributed by atoms with Crippen LogP contribution in [0.2, 0.25) is 0 Å². The molecular formula is C12H15N3O2. The summed E-state index contributed by atoms with van der Waals surface area (Å²) in [6.45, 7) is 5.94. The molecule has 1 atom stereocenters. The van der Waals surface area contributed by atoms with Crippen molar-refractivity contribution in [3.05, 3.63) is 11.1 Å². The molecule has 0 aromatic rings. The zero-order chi connectivity index (χ0) is 13.1. The Bertz CT molecular complexity index is 442. The van der Waals surface area contributed by atoms with Crippen molar-refractivity contribution in [2.45, 2.75) is 32.7 Å². The maximum Gasteiger partial charge on any atom is 0.348 e. The maximum absolute atomic E-state index is 11.9. The second-order valence-electron chi connectivity index (χ2n) is 4.12. The van der Waals surface area contributed by atoms with Crippen LogP contribution < -0.4 is 0 Å². The van der Waals surface area contributed by atoms with Crippen molar-refractivity contribution in [1.29, 1.82) is 10.5 Å². The maximum atomic E-state index is 11.9. The molecule has 0 bridgehead atoms. The van der Waals surface area contributed by atoms with Crippen molar-refractivity contribution in [1.82, 2.24) is 4.90 Å². The topological polar surface area (TPSA) is 77.1 Å². The Morgan fingerprint density at radius 3 is 2.59 bits per heavy atom. The highest BCUT2D eigenvalue weighted by atomic mass is 16.5. The molecule has 90 valence electrons. The average molecular weight is 233 g/mol. The summed E-state index contributed by atoms with van der Waals surface area (Å²) in [5.41, 5.74) is 0.488. The van der Waals surface area contributed by atoms with Crippen molar-refractivity contribution in [3.8, 4) is 12.3 Å². The fraction of sp³-hybridized carbons (Fsp3) is 0.583. The third kappa shape index (κ3) is 2.09. The Hall–Kier alpha value is -2.01. The van der Waals surface area contributed by atoms with Crippen LogP contribution >= 0.6 is 0 Å². The first-order valence-electron chi connectivity index (χ1n) is 5.43. The van der Waals surface area contributed by atoms with E-state index in [0.29, 0.717) is 6.54 Å². The molecule has 5 nitrogen and oxygen atoms in total. The van der Waals surface area contributed by atoms with Gasteiger partial charge in [0.1, 0.15) is 6.07 Å². The van der Waals surface area contributed by atoms with Crippen molar-refractivity contribution in [2.75, 3.05) is 13.2 Å². The molecule has 1 rings (SSSR count). The van der Waals surface area contributed by atoms with Gasteiger partial charge in [-0.1, -0.05) is 11.1 Å². The van der Waals surface area contributed by atoms with Crippen molar-refractivity contribution in [2.24, 2.45) is 0 Å². The summed E-state index contributed by atoms with van der Waals surface area (Å²) < 4.78 is 4.91. The molecule has 17 heavy (non-hydrogen) atoms. The number of nitrogens with zero attached hydrogens (tertiary/aromatic N) is 3. The smallest absolute Gasteiger partial charge is 0.348 e. The minimum atomic E-state index is -1.49. The van der Waals surface area contributed by atoms with Crippen molar-refractivity contribution < 1.29 is 9.53 Å². The van der Waals surface area contributed by atoms with E-state index >= 15 is 0 Å². The summed E-state index contributed by atoms with van der Waals surface area (Å²) in [7, 11) is 0. The molecule has 1 unspecified atom stereocenters. The lowest BCUT2D eigenvalue weighted by atomic mass is 9.85. The van der Waals surface area contributed by atoms with Crippen LogP contribution in [0, 0.1) is 22.8 Å². The first-order valence-corrected chi connectivity index (χ1v) is 5.43. The van der Waals surface area contributed by atoms with Gasteiger partial charge in [0.2, 0.25) is 5.54 Å². The van der Waals surface area contributed by atoms with E-state index in [1.54, 1.807) is 6.92 Å². The third-order valence-electron chi connectivity index (χ3n) is 3.02. The van der Waals surface area contributed by atoms with Gasteiger partial charge < -0.3 is 4.74 Å². The lowest BCUT2D eigenvalue weighted by molar-refractivity contribution is -0.152. The lowest BCUT2D eigenvalue weighted by Gasteiger charge is -2.37. The van der Waals surface area contributed by atoms with Gasteiger partial charge in [0.15, 0.2) is 6.19 Å². The van der Waals surface area contributed by atoms with Crippen molar-refractivity contribution >= 4 is 5.97 Å². The van der Waals surface area contributed by atoms with Crippen LogP contribution in [0.5, 0.6) is 0 Å². The fourth-order valence-electron chi connectivity index (χ4n) is 1.84. The van der Waals surface area contributed by atoms with Crippen LogP contribution in [0.25, 0.3) is 0 Å². The van der Waals surface area contributed by atoms with E-state index in [2.05, 4.69) is 0 Å². The summed E-state index contributed by atoms with van der Waals surface area (Å²) >= 11 is 0. The second-order valence-corrected chi connectivity index (χ2v) is 4.12. The Morgan fingerprint density at radius 2 is 2.12 bits per heavy atom. The van der Waals surface area contributed by atoms with Crippen LogP contribution in [0.1, 0.15) is 27.2 Å². The predicted molar refractivity (Wildman–Crippen MR) is 60.3 cm³/mol. The van der Waals surface area contributed by atoms with E-state index in [9.17, 15) is 10.1 Å². The Labute approximate surface area is 101 Å². The van der Waals surface area contributed by atoms with E-state index < -0.39 is 11.5 Å². The van der Waals surface area contributed by atoms with Crippen molar-refractivity contribution in [3.63, 3.8) is 0 Å². The number of hydrogen-bond donors (Lipinski definition) is 0. The summed E-state index contributed by atoms with van der Waals surface area (Å²) in [5, 5.41) is 18.4. The Kier molecular flexibility index (Phi) is 3.75. The number of ether oxygens (including phenoxy) is 1. The molecule has 0 radical (unpaired) electrons. The number of carbonyl (C=O) groups excluding carboxylic acids is 1. The molecule has 0 amide bonds. The fourth-order valence-corrected chi connectivity index (χ4v) is 1.84. The van der Waals surface area contributed by atoms with Crippen LogP contribution in [0.3, 0.4) is 0 Å². The average Bonchev–Trinajstić information content (AvgIpc) is 2.32. The molecule has 5 heteroatoms. The molecule has 0 N–H and O–H groups in total. The lowest BCUT2D eigenvalue weighted by Crippen LogP contribution is -2.55. The van der Waals surface area contributed by atoms with Gasteiger partial charge >= 0.3 is 5.97 Å². The number of nitriles is 2. The quantitative estimate of drug-likeness (QED) is 0.408. The van der Waals surface area contributed by atoms with E-state index in [0.717, 1.165) is 11.1 Å². The van der Waals surface area contributed by atoms with Gasteiger partial charge in [-0.15, -0.1) is 0 Å². The monoisotopic (exact) mass is 233 g/mol. The first kappa shape index (κ1) is 13.1. The summed E-state index contributed by atoms with van der Waals surface area (Å²) in [6, 6.07) is 1.95. The molecule has 0 aromatic heterocycles. The second kappa shape index (κ2) is 4.88. The molecule has 0 fully saturated rings. The van der Waals surface area contributed by atoms with Gasteiger partial charge in [-0.2, -0.15) is 10.5 Å². The number of hydrogen-bond acceptors (Lipinski definition) is 5. The normalized spacial score (nSPS) is 23.9. The van der Waals surface area contributed by atoms with Gasteiger partial charge in [-0.3, -0.25) is 4.90 Å². The van der Waals surface area contributed by atoms with Gasteiger partial charge in [-0.25, -0.2) is 4.79 Å². The molecule has 1 heterocycles. The number of rotatable bonds is 2. The number of carbonyl (C=O) groups is 1. The van der Waals surface area contributed by atoms with Crippen LogP contribution in [-0.2, 0) is 9.53 Å². The standard InChI is InChI=1S/C12H15N3O2/c1-4-17-11(16)12(7-13)5-9(2)10(3)6-15(12)8-14/h4-6H2,1-3H3. The first-order chi connectivity index (χ1) is 8.01. The SMILES string of the molecule is CCOC(=O)C1(C#N)CC(C)=C(C)CN1C#N. The van der Waals surface area contributed by atoms with E-state index in [4.69, 9.17) is 10.00 Å². The van der Waals surface area contributed by atoms with Gasteiger partial charge in [-0.05, 0) is 20.8 Å². The van der Waals surface area contributed by atoms with Gasteiger partial charge in [0, 0.05) is 6.42 Å². The third-order valence-corrected chi connectivity index (χ3v) is 3.02. The summed E-state index contributed by atoms with van der Waals surface area (Å²) in [6.07, 6.45) is 2.14. The molecule has 1 aliphatic rings. The van der Waals surface area contributed by atoms with Crippen LogP contribution in [0.15, 0.2) is 11.1 Å². The molecule has 1 aliphatic heterocycles. The Morgan fingerprint density at radius 1 is 1.47 bits per heavy atom.